The third-order valence-corrected chi connectivity index (χ3v) is 5.71. The van der Waals surface area contributed by atoms with Crippen molar-refractivity contribution in [3.8, 4) is 34.8 Å². The van der Waals surface area contributed by atoms with Crippen LogP contribution < -0.4 is 5.73 Å². The van der Waals surface area contributed by atoms with Crippen LogP contribution in [0.25, 0.3) is 33.5 Å². The van der Waals surface area contributed by atoms with Crippen molar-refractivity contribution in [3.05, 3.63) is 42.9 Å². The summed E-state index contributed by atoms with van der Waals surface area (Å²) in [7, 11) is 0. The van der Waals surface area contributed by atoms with E-state index in [9.17, 15) is 10.5 Å². The minimum absolute atomic E-state index is 0.0402. The van der Waals surface area contributed by atoms with E-state index >= 15 is 0 Å². The fraction of sp³-hybridized carbons (Fsp3) is 0.238. The second kappa shape index (κ2) is 6.68. The lowest BCUT2D eigenvalue weighted by atomic mass is 9.67. The molecule has 0 aromatic carbocycles. The van der Waals surface area contributed by atoms with Gasteiger partial charge in [0.2, 0.25) is 0 Å². The first-order valence-corrected chi connectivity index (χ1v) is 9.52. The van der Waals surface area contributed by atoms with Crippen molar-refractivity contribution in [3.63, 3.8) is 0 Å². The van der Waals surface area contributed by atoms with Crippen LogP contribution in [0.15, 0.2) is 42.9 Å². The number of nitrogens with one attached hydrogen (secondary N) is 1. The molecule has 0 aliphatic heterocycles. The number of fused-ring (bicyclic) bond motifs is 1. The molecule has 0 bridgehead atoms. The summed E-state index contributed by atoms with van der Waals surface area (Å²) in [5.41, 5.74) is 9.01. The van der Waals surface area contributed by atoms with Crippen LogP contribution in [0, 0.1) is 28.6 Å². The van der Waals surface area contributed by atoms with E-state index in [4.69, 9.17) is 15.8 Å². The Morgan fingerprint density at radius 3 is 2.87 bits per heavy atom. The highest BCUT2D eigenvalue weighted by molar-refractivity contribution is 5.94. The Hall–Kier alpha value is -4.24. The second-order valence-electron chi connectivity index (χ2n) is 7.55. The number of nitrogens with two attached hydrogens (primary N) is 1. The Balaban J connectivity index is 1.63. The summed E-state index contributed by atoms with van der Waals surface area (Å²) < 4.78 is 1.82. The zero-order valence-electron chi connectivity index (χ0n) is 15.9. The number of H-pyrrole nitrogens is 1. The molecule has 5 rings (SSSR count). The molecule has 9 heteroatoms. The van der Waals surface area contributed by atoms with Crippen molar-refractivity contribution >= 4 is 16.7 Å². The van der Waals surface area contributed by atoms with Crippen molar-refractivity contribution < 1.29 is 0 Å². The van der Waals surface area contributed by atoms with E-state index in [1.807, 2.05) is 35.1 Å². The summed E-state index contributed by atoms with van der Waals surface area (Å²) in [5, 5.41) is 30.9. The smallest absolute Gasteiger partial charge is 0.154 e. The number of pyridine rings is 2. The van der Waals surface area contributed by atoms with Gasteiger partial charge in [-0.1, -0.05) is 0 Å². The largest absolute Gasteiger partial charge is 0.382 e. The van der Waals surface area contributed by atoms with Crippen LogP contribution >= 0.6 is 0 Å². The van der Waals surface area contributed by atoms with E-state index in [-0.39, 0.29) is 5.92 Å². The van der Waals surface area contributed by atoms with E-state index in [0.29, 0.717) is 47.7 Å². The molecule has 1 saturated carbocycles. The molecule has 4 aromatic heterocycles. The van der Waals surface area contributed by atoms with Gasteiger partial charge in [0, 0.05) is 24.0 Å². The molecule has 4 heterocycles. The zero-order chi connectivity index (χ0) is 20.7. The van der Waals surface area contributed by atoms with Gasteiger partial charge in [0.1, 0.15) is 11.4 Å². The summed E-state index contributed by atoms with van der Waals surface area (Å²) in [6.45, 7) is 0. The number of anilines is 1. The minimum atomic E-state index is -0.436. The highest BCUT2D eigenvalue weighted by Crippen LogP contribution is 2.46. The maximum absolute atomic E-state index is 9.31. The predicted molar refractivity (Wildman–Crippen MR) is 109 cm³/mol. The molecule has 9 nitrogen and oxygen atoms in total. The van der Waals surface area contributed by atoms with Crippen LogP contribution in [0.1, 0.15) is 19.3 Å². The average molecular weight is 395 g/mol. The molecule has 30 heavy (non-hydrogen) atoms. The van der Waals surface area contributed by atoms with Gasteiger partial charge in [-0.05, 0) is 37.1 Å². The third kappa shape index (κ3) is 2.68. The maximum atomic E-state index is 9.31. The van der Waals surface area contributed by atoms with Crippen LogP contribution in [-0.2, 0) is 5.54 Å². The lowest BCUT2D eigenvalue weighted by molar-refractivity contribution is 0.0884. The molecule has 0 radical (unpaired) electrons. The van der Waals surface area contributed by atoms with E-state index in [2.05, 4.69) is 27.3 Å². The van der Waals surface area contributed by atoms with Gasteiger partial charge in [-0.3, -0.25) is 14.8 Å². The van der Waals surface area contributed by atoms with Crippen LogP contribution in [-0.4, -0.2) is 29.9 Å². The summed E-state index contributed by atoms with van der Waals surface area (Å²) >= 11 is 0. The molecule has 1 fully saturated rings. The molecular formula is C21H17N9. The molecule has 4 aromatic rings. The highest BCUT2D eigenvalue weighted by Gasteiger charge is 2.46. The maximum Gasteiger partial charge on any atom is 0.154 e. The van der Waals surface area contributed by atoms with E-state index < -0.39 is 5.54 Å². The Morgan fingerprint density at radius 2 is 2.13 bits per heavy atom. The lowest BCUT2D eigenvalue weighted by Gasteiger charge is -2.43. The topological polar surface area (TPSA) is 146 Å². The molecule has 1 aliphatic carbocycles. The van der Waals surface area contributed by atoms with Crippen molar-refractivity contribution in [2.45, 2.75) is 24.8 Å². The van der Waals surface area contributed by atoms with Crippen LogP contribution in [0.5, 0.6) is 0 Å². The summed E-state index contributed by atoms with van der Waals surface area (Å²) in [6.07, 6.45) is 6.86. The second-order valence-corrected chi connectivity index (χ2v) is 7.55. The van der Waals surface area contributed by atoms with Gasteiger partial charge in [-0.15, -0.1) is 0 Å². The summed E-state index contributed by atoms with van der Waals surface area (Å²) in [5.74, 6) is 0.320. The van der Waals surface area contributed by atoms with Gasteiger partial charge < -0.3 is 5.73 Å². The summed E-state index contributed by atoms with van der Waals surface area (Å²) in [4.78, 5) is 9.29. The number of hydrogen-bond donors (Lipinski definition) is 2. The molecular weight excluding hydrogens is 378 g/mol. The van der Waals surface area contributed by atoms with E-state index in [1.54, 1.807) is 12.4 Å². The number of aromatic amines is 1. The zero-order valence-corrected chi connectivity index (χ0v) is 15.9. The minimum Gasteiger partial charge on any atom is -0.382 e. The molecule has 0 atom stereocenters. The number of aromatic nitrogens is 6. The standard InChI is InChI=1S/C21H17N9/c22-5-4-21(9-13(10-21)11-23)30-7-3-16(29-30)19-14-2-1-6-25-17(14)8-18(27-19)15-12-26-28-20(15)24/h1-3,6-8,12-13H,4,9-10H2,(H3,24,26,28)/t13-,21+. The molecule has 0 saturated heterocycles. The van der Waals surface area contributed by atoms with Gasteiger partial charge in [-0.2, -0.15) is 20.7 Å². The SMILES string of the molecule is N#CC[C@]1(n2ccc(-c3nc(-c4c[nH]nc4N)cc4ncccc34)n2)C[C@@H](C#N)C1. The predicted octanol–water partition coefficient (Wildman–Crippen LogP) is 3.01. The van der Waals surface area contributed by atoms with Crippen LogP contribution in [0.3, 0.4) is 0 Å². The van der Waals surface area contributed by atoms with Crippen molar-refractivity contribution in [2.75, 3.05) is 5.73 Å². The first-order valence-electron chi connectivity index (χ1n) is 9.52. The van der Waals surface area contributed by atoms with Gasteiger partial charge in [0.25, 0.3) is 0 Å². The normalized spacial score (nSPS) is 20.4. The van der Waals surface area contributed by atoms with Gasteiger partial charge in [0.15, 0.2) is 5.82 Å². The number of hydrogen-bond acceptors (Lipinski definition) is 7. The van der Waals surface area contributed by atoms with Crippen molar-refractivity contribution in [1.29, 1.82) is 10.5 Å². The number of nitrogen functional groups attached to an aromatic ring is 1. The van der Waals surface area contributed by atoms with Gasteiger partial charge >= 0.3 is 0 Å². The fourth-order valence-electron chi connectivity index (χ4n) is 4.14. The number of nitriles is 2. The quantitative estimate of drug-likeness (QED) is 0.540. The van der Waals surface area contributed by atoms with Gasteiger partial charge in [-0.25, -0.2) is 4.98 Å². The van der Waals surface area contributed by atoms with Crippen molar-refractivity contribution in [2.24, 2.45) is 5.92 Å². The van der Waals surface area contributed by atoms with E-state index in [1.165, 1.54) is 0 Å². The Labute approximate surface area is 171 Å². The molecule has 1 aliphatic rings. The monoisotopic (exact) mass is 395 g/mol. The average Bonchev–Trinajstić information content (AvgIpc) is 3.39. The van der Waals surface area contributed by atoms with Crippen molar-refractivity contribution in [1.82, 2.24) is 29.9 Å². The summed E-state index contributed by atoms with van der Waals surface area (Å²) in [6, 6.07) is 12.1. The number of nitrogens with zero attached hydrogens (tertiary/aromatic N) is 7. The fourth-order valence-corrected chi connectivity index (χ4v) is 4.14. The molecule has 0 spiro atoms. The first-order chi connectivity index (χ1) is 14.6. The first kappa shape index (κ1) is 17.8. The lowest BCUT2D eigenvalue weighted by Crippen LogP contribution is -2.46. The van der Waals surface area contributed by atoms with Crippen LogP contribution in [0.2, 0.25) is 0 Å². The molecule has 0 amide bonds. The Kier molecular flexibility index (Phi) is 3.97. The molecule has 0 unspecified atom stereocenters. The third-order valence-electron chi connectivity index (χ3n) is 5.71. The van der Waals surface area contributed by atoms with E-state index in [0.717, 1.165) is 10.9 Å². The molecule has 3 N–H and O–H groups in total. The Morgan fingerprint density at radius 1 is 1.27 bits per heavy atom. The van der Waals surface area contributed by atoms with Crippen LogP contribution in [0.4, 0.5) is 5.82 Å². The van der Waals surface area contributed by atoms with Gasteiger partial charge in [0.05, 0.1) is 46.8 Å². The molecule has 146 valence electrons. The number of rotatable bonds is 4. The highest BCUT2D eigenvalue weighted by atomic mass is 15.3. The Bertz CT molecular complexity index is 1330.